The second-order valence-corrected chi connectivity index (χ2v) is 5.62. The van der Waals surface area contributed by atoms with E-state index in [1.54, 1.807) is 11.9 Å². The molecule has 0 aromatic heterocycles. The van der Waals surface area contributed by atoms with Crippen molar-refractivity contribution in [2.75, 3.05) is 7.05 Å². The van der Waals surface area contributed by atoms with Gasteiger partial charge in [0.2, 0.25) is 11.8 Å². The molecular weight excluding hydrogens is 288 g/mol. The number of rotatable bonds is 6. The Morgan fingerprint density at radius 3 is 2.35 bits per heavy atom. The lowest BCUT2D eigenvalue weighted by atomic mass is 10.1. The number of nitrogens with zero attached hydrogens (tertiary/aromatic N) is 1. The minimum Gasteiger partial charge on any atom is -0.352 e. The summed E-state index contributed by atoms with van der Waals surface area (Å²) in [6.45, 7) is 2.95. The van der Waals surface area contributed by atoms with Gasteiger partial charge in [-0.25, -0.2) is 0 Å². The van der Waals surface area contributed by atoms with E-state index in [0.29, 0.717) is 13.1 Å². The van der Waals surface area contributed by atoms with Crippen LogP contribution in [-0.4, -0.2) is 23.8 Å². The molecule has 1 N–H and O–H groups in total. The minimum atomic E-state index is -0.252. The van der Waals surface area contributed by atoms with Crippen molar-refractivity contribution < 1.29 is 9.59 Å². The van der Waals surface area contributed by atoms with Gasteiger partial charge in [-0.2, -0.15) is 0 Å². The van der Waals surface area contributed by atoms with Crippen LogP contribution >= 0.6 is 0 Å². The zero-order valence-electron chi connectivity index (χ0n) is 13.6. The zero-order valence-corrected chi connectivity index (χ0v) is 13.6. The van der Waals surface area contributed by atoms with E-state index in [0.717, 1.165) is 16.7 Å². The van der Waals surface area contributed by atoms with Crippen molar-refractivity contribution in [3.8, 4) is 0 Å². The Balaban J connectivity index is 1.80. The molecule has 0 fully saturated rings. The predicted molar refractivity (Wildman–Crippen MR) is 90.6 cm³/mol. The van der Waals surface area contributed by atoms with Crippen LogP contribution in [0.25, 0.3) is 0 Å². The Morgan fingerprint density at radius 2 is 1.65 bits per heavy atom. The van der Waals surface area contributed by atoms with E-state index >= 15 is 0 Å². The fourth-order valence-corrected chi connectivity index (χ4v) is 2.28. The van der Waals surface area contributed by atoms with Crippen LogP contribution in [0, 0.1) is 6.92 Å². The Morgan fingerprint density at radius 1 is 1.00 bits per heavy atom. The van der Waals surface area contributed by atoms with Gasteiger partial charge in [-0.15, -0.1) is 0 Å². The molecule has 120 valence electrons. The average Bonchev–Trinajstić information content (AvgIpc) is 2.55. The summed E-state index contributed by atoms with van der Waals surface area (Å²) < 4.78 is 0. The predicted octanol–water partition coefficient (Wildman–Crippen LogP) is 2.66. The maximum absolute atomic E-state index is 12.1. The number of amides is 2. The third-order valence-corrected chi connectivity index (χ3v) is 3.74. The molecule has 0 saturated carbocycles. The van der Waals surface area contributed by atoms with E-state index in [2.05, 4.69) is 5.32 Å². The molecule has 2 amide bonds. The molecule has 0 spiro atoms. The van der Waals surface area contributed by atoms with Crippen molar-refractivity contribution >= 4 is 11.8 Å². The third-order valence-electron chi connectivity index (χ3n) is 3.74. The molecular formula is C19H22N2O2. The van der Waals surface area contributed by atoms with Gasteiger partial charge in [-0.3, -0.25) is 9.59 Å². The number of carbonyl (C=O) groups excluding carboxylic acids is 2. The molecule has 4 heteroatoms. The lowest BCUT2D eigenvalue weighted by Crippen LogP contribution is -2.33. The summed E-state index contributed by atoms with van der Waals surface area (Å²) in [5.41, 5.74) is 3.23. The first-order chi connectivity index (χ1) is 11.1. The van der Waals surface area contributed by atoms with Gasteiger partial charge < -0.3 is 10.2 Å². The molecule has 23 heavy (non-hydrogen) atoms. The highest BCUT2D eigenvalue weighted by Crippen LogP contribution is 2.07. The maximum atomic E-state index is 12.1. The molecule has 0 radical (unpaired) electrons. The van der Waals surface area contributed by atoms with Crippen LogP contribution < -0.4 is 5.32 Å². The molecule has 2 rings (SSSR count). The van der Waals surface area contributed by atoms with Crippen molar-refractivity contribution in [3.05, 3.63) is 71.3 Å². The zero-order chi connectivity index (χ0) is 16.7. The molecule has 0 aliphatic heterocycles. The summed E-state index contributed by atoms with van der Waals surface area (Å²) in [6.07, 6.45) is -0.130. The molecule has 0 aliphatic carbocycles. The van der Waals surface area contributed by atoms with Crippen LogP contribution in [0.2, 0.25) is 0 Å². The molecule has 0 saturated heterocycles. The van der Waals surface area contributed by atoms with E-state index in [-0.39, 0.29) is 18.2 Å². The lowest BCUT2D eigenvalue weighted by Gasteiger charge is -2.17. The van der Waals surface area contributed by atoms with Crippen LogP contribution in [0.5, 0.6) is 0 Å². The molecule has 0 aliphatic rings. The number of nitrogens with one attached hydrogen (secondary N) is 1. The van der Waals surface area contributed by atoms with Crippen LogP contribution in [0.15, 0.2) is 54.6 Å². The van der Waals surface area contributed by atoms with E-state index in [9.17, 15) is 9.59 Å². The summed E-state index contributed by atoms with van der Waals surface area (Å²) >= 11 is 0. The number of hydrogen-bond donors (Lipinski definition) is 1. The Hall–Kier alpha value is -2.62. The van der Waals surface area contributed by atoms with Gasteiger partial charge in [-0.1, -0.05) is 54.6 Å². The topological polar surface area (TPSA) is 49.4 Å². The maximum Gasteiger partial charge on any atom is 0.232 e. The summed E-state index contributed by atoms with van der Waals surface area (Å²) in [5.74, 6) is -0.436. The molecule has 4 nitrogen and oxygen atoms in total. The van der Waals surface area contributed by atoms with Crippen molar-refractivity contribution in [1.29, 1.82) is 0 Å². The lowest BCUT2D eigenvalue weighted by molar-refractivity contribution is -0.135. The van der Waals surface area contributed by atoms with Crippen LogP contribution in [0.1, 0.15) is 23.1 Å². The SMILES string of the molecule is Cc1ccccc1CNC(=O)CC(=O)N(C)Cc1ccccc1. The molecule has 0 unspecified atom stereocenters. The van der Waals surface area contributed by atoms with Gasteiger partial charge in [0, 0.05) is 20.1 Å². The first-order valence-electron chi connectivity index (χ1n) is 7.65. The van der Waals surface area contributed by atoms with Gasteiger partial charge in [0.1, 0.15) is 6.42 Å². The number of aryl methyl sites for hydroxylation is 1. The van der Waals surface area contributed by atoms with Gasteiger partial charge >= 0.3 is 0 Å². The first-order valence-corrected chi connectivity index (χ1v) is 7.65. The Labute approximate surface area is 137 Å². The van der Waals surface area contributed by atoms with E-state index in [1.165, 1.54) is 0 Å². The normalized spacial score (nSPS) is 10.2. The summed E-state index contributed by atoms with van der Waals surface area (Å²) in [6, 6.07) is 17.6. The fourth-order valence-electron chi connectivity index (χ4n) is 2.28. The number of hydrogen-bond acceptors (Lipinski definition) is 2. The second-order valence-electron chi connectivity index (χ2n) is 5.62. The highest BCUT2D eigenvalue weighted by atomic mass is 16.2. The largest absolute Gasteiger partial charge is 0.352 e. The first kappa shape index (κ1) is 16.7. The van der Waals surface area contributed by atoms with Crippen LogP contribution in [0.3, 0.4) is 0 Å². The Kier molecular flexibility index (Phi) is 5.92. The number of benzene rings is 2. The highest BCUT2D eigenvalue weighted by molar-refractivity contribution is 5.96. The van der Waals surface area contributed by atoms with Crippen LogP contribution in [0.4, 0.5) is 0 Å². The third kappa shape index (κ3) is 5.25. The number of carbonyl (C=O) groups is 2. The average molecular weight is 310 g/mol. The molecule has 0 heterocycles. The second kappa shape index (κ2) is 8.13. The van der Waals surface area contributed by atoms with Gasteiger partial charge in [0.25, 0.3) is 0 Å². The quantitative estimate of drug-likeness (QED) is 0.834. The monoisotopic (exact) mass is 310 g/mol. The van der Waals surface area contributed by atoms with Gasteiger partial charge in [-0.05, 0) is 23.6 Å². The highest BCUT2D eigenvalue weighted by Gasteiger charge is 2.14. The van der Waals surface area contributed by atoms with E-state index in [4.69, 9.17) is 0 Å². The van der Waals surface area contributed by atoms with Crippen molar-refractivity contribution in [2.45, 2.75) is 26.4 Å². The van der Waals surface area contributed by atoms with Crippen LogP contribution in [-0.2, 0) is 22.7 Å². The summed E-state index contributed by atoms with van der Waals surface area (Å²) in [5, 5.41) is 2.80. The smallest absolute Gasteiger partial charge is 0.232 e. The summed E-state index contributed by atoms with van der Waals surface area (Å²) in [4.78, 5) is 25.6. The minimum absolute atomic E-state index is 0.130. The molecule has 2 aromatic carbocycles. The van der Waals surface area contributed by atoms with Crippen molar-refractivity contribution in [3.63, 3.8) is 0 Å². The molecule has 2 aromatic rings. The van der Waals surface area contributed by atoms with Gasteiger partial charge in [0.05, 0.1) is 0 Å². The Bertz CT molecular complexity index is 668. The van der Waals surface area contributed by atoms with Crippen molar-refractivity contribution in [1.82, 2.24) is 10.2 Å². The standard InChI is InChI=1S/C19H22N2O2/c1-15-8-6-7-11-17(15)13-20-18(22)12-19(23)21(2)14-16-9-4-3-5-10-16/h3-11H,12-14H2,1-2H3,(H,20,22). The molecule has 0 bridgehead atoms. The van der Waals surface area contributed by atoms with Gasteiger partial charge in [0.15, 0.2) is 0 Å². The van der Waals surface area contributed by atoms with Crippen molar-refractivity contribution in [2.24, 2.45) is 0 Å². The van der Waals surface area contributed by atoms with E-state index in [1.807, 2.05) is 61.5 Å². The van der Waals surface area contributed by atoms with E-state index < -0.39 is 0 Å². The summed E-state index contributed by atoms with van der Waals surface area (Å²) in [7, 11) is 1.71. The molecule has 0 atom stereocenters. The fraction of sp³-hybridized carbons (Fsp3) is 0.263.